The summed E-state index contributed by atoms with van der Waals surface area (Å²) in [5.74, 6) is 0.718. The molecule has 1 unspecified atom stereocenters. The van der Waals surface area contributed by atoms with Crippen molar-refractivity contribution in [3.05, 3.63) is 29.8 Å². The maximum atomic E-state index is 12.0. The summed E-state index contributed by atoms with van der Waals surface area (Å²) in [6.07, 6.45) is 2.82. The van der Waals surface area contributed by atoms with Crippen molar-refractivity contribution in [2.24, 2.45) is 5.92 Å². The van der Waals surface area contributed by atoms with Crippen molar-refractivity contribution < 1.29 is 4.79 Å². The van der Waals surface area contributed by atoms with E-state index in [2.05, 4.69) is 41.1 Å². The smallest absolute Gasteiger partial charge is 0.227 e. The van der Waals surface area contributed by atoms with Crippen molar-refractivity contribution in [3.63, 3.8) is 0 Å². The van der Waals surface area contributed by atoms with Crippen LogP contribution in [0.15, 0.2) is 24.3 Å². The highest BCUT2D eigenvalue weighted by atomic mass is 79.9. The molecule has 2 rings (SSSR count). The minimum atomic E-state index is 0.262. The number of hydrogen-bond donors (Lipinski definition) is 0. The standard InChI is InChI=1S/C14H18BrNO/c1-2-5-12-6-3-4-7-13(12)16-10-11(9-15)8-14(16)17/h3-4,6-7,11H,2,5,8-10H2,1H3. The van der Waals surface area contributed by atoms with Crippen molar-refractivity contribution in [1.82, 2.24) is 0 Å². The van der Waals surface area contributed by atoms with Gasteiger partial charge in [-0.3, -0.25) is 4.79 Å². The number of aryl methyl sites for hydroxylation is 1. The Morgan fingerprint density at radius 3 is 2.82 bits per heavy atom. The maximum absolute atomic E-state index is 12.0. The summed E-state index contributed by atoms with van der Waals surface area (Å²) in [5, 5.41) is 0.908. The Bertz CT molecular complexity index is 405. The Morgan fingerprint density at radius 2 is 2.18 bits per heavy atom. The lowest BCUT2D eigenvalue weighted by Crippen LogP contribution is -2.25. The SMILES string of the molecule is CCCc1ccccc1N1CC(CBr)CC1=O. The molecule has 1 aliphatic rings. The molecule has 1 aromatic carbocycles. The fourth-order valence-corrected chi connectivity index (χ4v) is 2.81. The number of amides is 1. The molecule has 0 aliphatic carbocycles. The fourth-order valence-electron chi connectivity index (χ4n) is 2.37. The molecule has 17 heavy (non-hydrogen) atoms. The van der Waals surface area contributed by atoms with Crippen LogP contribution in [0.3, 0.4) is 0 Å². The van der Waals surface area contributed by atoms with E-state index < -0.39 is 0 Å². The number of halogens is 1. The van der Waals surface area contributed by atoms with Crippen LogP contribution < -0.4 is 4.90 Å². The Kier molecular flexibility index (Phi) is 4.21. The summed E-state index contributed by atoms with van der Waals surface area (Å²) < 4.78 is 0. The summed E-state index contributed by atoms with van der Waals surface area (Å²) in [4.78, 5) is 14.0. The fraction of sp³-hybridized carbons (Fsp3) is 0.500. The Labute approximate surface area is 111 Å². The third-order valence-electron chi connectivity index (χ3n) is 3.23. The first-order chi connectivity index (χ1) is 8.26. The van der Waals surface area contributed by atoms with Gasteiger partial charge in [0.2, 0.25) is 5.91 Å². The maximum Gasteiger partial charge on any atom is 0.227 e. The third-order valence-corrected chi connectivity index (χ3v) is 4.14. The van der Waals surface area contributed by atoms with Gasteiger partial charge < -0.3 is 4.90 Å². The number of carbonyl (C=O) groups excluding carboxylic acids is 1. The number of anilines is 1. The number of alkyl halides is 1. The molecule has 0 radical (unpaired) electrons. The Hall–Kier alpha value is -0.830. The average molecular weight is 296 g/mol. The van der Waals surface area contributed by atoms with E-state index in [1.807, 2.05) is 11.0 Å². The molecule has 1 atom stereocenters. The molecule has 0 N–H and O–H groups in total. The van der Waals surface area contributed by atoms with Gasteiger partial charge in [0, 0.05) is 24.0 Å². The molecule has 92 valence electrons. The van der Waals surface area contributed by atoms with Gasteiger partial charge in [-0.2, -0.15) is 0 Å². The zero-order valence-corrected chi connectivity index (χ0v) is 11.7. The van der Waals surface area contributed by atoms with Crippen LogP contribution in [-0.4, -0.2) is 17.8 Å². The predicted molar refractivity (Wildman–Crippen MR) is 74.7 cm³/mol. The number of nitrogens with zero attached hydrogens (tertiary/aromatic N) is 1. The molecule has 1 saturated heterocycles. The largest absolute Gasteiger partial charge is 0.312 e. The van der Waals surface area contributed by atoms with Crippen LogP contribution >= 0.6 is 15.9 Å². The van der Waals surface area contributed by atoms with Crippen molar-refractivity contribution in [2.45, 2.75) is 26.2 Å². The highest BCUT2D eigenvalue weighted by molar-refractivity contribution is 9.09. The monoisotopic (exact) mass is 295 g/mol. The second kappa shape index (κ2) is 5.67. The van der Waals surface area contributed by atoms with Crippen molar-refractivity contribution >= 4 is 27.5 Å². The van der Waals surface area contributed by atoms with E-state index in [4.69, 9.17) is 0 Å². The molecule has 3 heteroatoms. The zero-order chi connectivity index (χ0) is 12.3. The van der Waals surface area contributed by atoms with Crippen molar-refractivity contribution in [1.29, 1.82) is 0 Å². The minimum Gasteiger partial charge on any atom is -0.312 e. The average Bonchev–Trinajstić information content (AvgIpc) is 2.72. The van der Waals surface area contributed by atoms with Gasteiger partial charge in [0.1, 0.15) is 0 Å². The van der Waals surface area contributed by atoms with Gasteiger partial charge in [-0.1, -0.05) is 47.5 Å². The number of hydrogen-bond acceptors (Lipinski definition) is 1. The summed E-state index contributed by atoms with van der Waals surface area (Å²) in [6, 6.07) is 8.27. The molecule has 1 fully saturated rings. The van der Waals surface area contributed by atoms with E-state index in [1.165, 1.54) is 5.56 Å². The van der Waals surface area contributed by atoms with Crippen LogP contribution in [0.1, 0.15) is 25.3 Å². The summed E-state index contributed by atoms with van der Waals surface area (Å²) in [5.41, 5.74) is 2.40. The first-order valence-electron chi connectivity index (χ1n) is 6.20. The van der Waals surface area contributed by atoms with Crippen LogP contribution in [0.4, 0.5) is 5.69 Å². The van der Waals surface area contributed by atoms with Crippen LogP contribution in [0.5, 0.6) is 0 Å². The van der Waals surface area contributed by atoms with Gasteiger partial charge in [0.25, 0.3) is 0 Å². The Balaban J connectivity index is 2.25. The molecule has 0 bridgehead atoms. The van der Waals surface area contributed by atoms with E-state index in [1.54, 1.807) is 0 Å². The molecular weight excluding hydrogens is 278 g/mol. The number of rotatable bonds is 4. The van der Waals surface area contributed by atoms with Gasteiger partial charge in [-0.25, -0.2) is 0 Å². The molecule has 0 spiro atoms. The molecule has 0 saturated carbocycles. The first kappa shape index (κ1) is 12.6. The van der Waals surface area contributed by atoms with E-state index in [9.17, 15) is 4.79 Å². The van der Waals surface area contributed by atoms with Crippen LogP contribution in [-0.2, 0) is 11.2 Å². The minimum absolute atomic E-state index is 0.262. The normalized spacial score (nSPS) is 20.0. The van der Waals surface area contributed by atoms with E-state index in [0.717, 1.165) is 30.4 Å². The van der Waals surface area contributed by atoms with Gasteiger partial charge in [0.15, 0.2) is 0 Å². The van der Waals surface area contributed by atoms with Crippen molar-refractivity contribution in [3.8, 4) is 0 Å². The Morgan fingerprint density at radius 1 is 1.41 bits per heavy atom. The van der Waals surface area contributed by atoms with Crippen LogP contribution in [0, 0.1) is 5.92 Å². The molecule has 2 nitrogen and oxygen atoms in total. The van der Waals surface area contributed by atoms with Crippen LogP contribution in [0.25, 0.3) is 0 Å². The van der Waals surface area contributed by atoms with Gasteiger partial charge >= 0.3 is 0 Å². The van der Waals surface area contributed by atoms with Gasteiger partial charge in [0.05, 0.1) is 0 Å². The summed E-state index contributed by atoms with van der Waals surface area (Å²) in [6.45, 7) is 3.02. The molecular formula is C14H18BrNO. The molecule has 1 aliphatic heterocycles. The lowest BCUT2D eigenvalue weighted by atomic mass is 10.1. The quantitative estimate of drug-likeness (QED) is 0.780. The number of para-hydroxylation sites is 1. The third kappa shape index (κ3) is 2.71. The summed E-state index contributed by atoms with van der Waals surface area (Å²) >= 11 is 3.47. The van der Waals surface area contributed by atoms with E-state index >= 15 is 0 Å². The second-order valence-corrected chi connectivity index (χ2v) is 5.25. The van der Waals surface area contributed by atoms with Crippen molar-refractivity contribution in [2.75, 3.05) is 16.8 Å². The lowest BCUT2D eigenvalue weighted by molar-refractivity contribution is -0.117. The van der Waals surface area contributed by atoms with Gasteiger partial charge in [-0.15, -0.1) is 0 Å². The highest BCUT2D eigenvalue weighted by Crippen LogP contribution is 2.29. The second-order valence-electron chi connectivity index (χ2n) is 4.61. The number of carbonyl (C=O) groups is 1. The molecule has 1 aromatic rings. The van der Waals surface area contributed by atoms with Gasteiger partial charge in [-0.05, 0) is 24.0 Å². The highest BCUT2D eigenvalue weighted by Gasteiger charge is 2.30. The molecule has 1 amide bonds. The summed E-state index contributed by atoms with van der Waals surface area (Å²) in [7, 11) is 0. The first-order valence-corrected chi connectivity index (χ1v) is 7.32. The zero-order valence-electron chi connectivity index (χ0n) is 10.2. The lowest BCUT2D eigenvalue weighted by Gasteiger charge is -2.20. The van der Waals surface area contributed by atoms with E-state index in [0.29, 0.717) is 12.3 Å². The molecule has 1 heterocycles. The topological polar surface area (TPSA) is 20.3 Å². The van der Waals surface area contributed by atoms with Crippen LogP contribution in [0.2, 0.25) is 0 Å². The predicted octanol–water partition coefficient (Wildman–Crippen LogP) is 3.39. The number of benzene rings is 1. The van der Waals surface area contributed by atoms with E-state index in [-0.39, 0.29) is 5.91 Å². The molecule has 0 aromatic heterocycles.